The Morgan fingerprint density at radius 2 is 2.12 bits per heavy atom. The van der Waals surface area contributed by atoms with Gasteiger partial charge in [-0.15, -0.1) is 0 Å². The van der Waals surface area contributed by atoms with E-state index in [1.165, 1.54) is 0 Å². The first-order valence-electron chi connectivity index (χ1n) is 11.2. The van der Waals surface area contributed by atoms with E-state index in [4.69, 9.17) is 15.2 Å². The minimum atomic E-state index is -0.454. The van der Waals surface area contributed by atoms with Crippen molar-refractivity contribution in [2.45, 2.75) is 13.0 Å². The molecule has 3 aromatic rings. The fraction of sp³-hybridized carbons (Fsp3) is 0.304. The predicted molar refractivity (Wildman–Crippen MR) is 134 cm³/mol. The fourth-order valence-corrected chi connectivity index (χ4v) is 3.50. The largest absolute Gasteiger partial charge is 0.492 e. The number of aromatic nitrogens is 3. The molecular weight excluding hydrogens is 433 g/mol. The Bertz CT molecular complexity index is 1140. The van der Waals surface area contributed by atoms with Gasteiger partial charge in [0.25, 0.3) is 5.91 Å². The van der Waals surface area contributed by atoms with Gasteiger partial charge in [0.1, 0.15) is 12.4 Å². The molecule has 1 aliphatic rings. The van der Waals surface area contributed by atoms with Gasteiger partial charge in [0.15, 0.2) is 19.5 Å². The minimum Gasteiger partial charge on any atom is -0.492 e. The van der Waals surface area contributed by atoms with Crippen LogP contribution in [0.15, 0.2) is 48.9 Å². The third-order valence-electron chi connectivity index (χ3n) is 5.54. The highest BCUT2D eigenvalue weighted by Crippen LogP contribution is 2.27. The van der Waals surface area contributed by atoms with Gasteiger partial charge in [0.05, 0.1) is 42.7 Å². The van der Waals surface area contributed by atoms with Crippen molar-refractivity contribution in [3.8, 4) is 17.0 Å². The number of nitrogens with zero attached hydrogens (tertiary/aromatic N) is 4. The molecule has 2 aromatic heterocycles. The second kappa shape index (κ2) is 10.9. The van der Waals surface area contributed by atoms with Crippen LogP contribution in [0.2, 0.25) is 0 Å². The molecule has 176 valence electrons. The minimum absolute atomic E-state index is 0.0457. The topological polar surface area (TPSA) is 128 Å². The van der Waals surface area contributed by atoms with Crippen LogP contribution in [0.1, 0.15) is 17.4 Å². The molecule has 4 rings (SSSR count). The normalized spacial score (nSPS) is 14.4. The van der Waals surface area contributed by atoms with E-state index in [1.54, 1.807) is 18.6 Å². The van der Waals surface area contributed by atoms with E-state index in [0.29, 0.717) is 37.0 Å². The van der Waals surface area contributed by atoms with Crippen LogP contribution >= 0.6 is 0 Å². The molecule has 0 saturated carbocycles. The molecule has 1 saturated heterocycles. The quantitative estimate of drug-likeness (QED) is 0.423. The number of anilines is 3. The molecule has 3 heterocycles. The number of benzene rings is 1. The zero-order valence-corrected chi connectivity index (χ0v) is 19.3. The number of carbonyl (C=O) groups is 1. The molecule has 1 aromatic carbocycles. The van der Waals surface area contributed by atoms with E-state index in [2.05, 4.69) is 30.4 Å². The Hall–Kier alpha value is -3.70. The number of amides is 1. The van der Waals surface area contributed by atoms with Crippen LogP contribution in [-0.2, 0) is 4.74 Å². The van der Waals surface area contributed by atoms with Gasteiger partial charge in [-0.25, -0.2) is 9.97 Å². The Kier molecular flexibility index (Phi) is 7.56. The molecule has 1 amide bonds. The summed E-state index contributed by atoms with van der Waals surface area (Å²) in [6.07, 6.45) is 4.86. The van der Waals surface area contributed by atoms with Crippen molar-refractivity contribution in [3.05, 3.63) is 54.6 Å². The summed E-state index contributed by atoms with van der Waals surface area (Å²) in [6, 6.07) is 9.57. The summed E-state index contributed by atoms with van der Waals surface area (Å²) in [5.74, 6) is 0.299. The van der Waals surface area contributed by atoms with Gasteiger partial charge in [-0.3, -0.25) is 9.78 Å². The van der Waals surface area contributed by atoms with Gasteiger partial charge >= 0.3 is 0 Å². The van der Waals surface area contributed by atoms with Crippen LogP contribution in [0.25, 0.3) is 11.3 Å². The molecule has 1 unspecified atom stereocenters. The van der Waals surface area contributed by atoms with Crippen LogP contribution in [-0.4, -0.2) is 67.8 Å². The zero-order valence-electron chi connectivity index (χ0n) is 19.3. The van der Waals surface area contributed by atoms with Gasteiger partial charge in [-0.05, 0) is 25.1 Å². The van der Waals surface area contributed by atoms with E-state index in [-0.39, 0.29) is 17.6 Å². The number of rotatable bonds is 8. The van der Waals surface area contributed by atoms with Crippen LogP contribution in [0, 0.1) is 0 Å². The summed E-state index contributed by atoms with van der Waals surface area (Å²) in [6.45, 7) is 5.29. The second-order valence-electron chi connectivity index (χ2n) is 7.96. The Balaban J connectivity index is 1.55. The predicted octanol–water partition coefficient (Wildman–Crippen LogP) is 1.11. The highest BCUT2D eigenvalue weighted by Gasteiger charge is 2.20. The molecule has 10 nitrogen and oxygen atoms in total. The number of nitrogens with one attached hydrogen (secondary N) is 2. The molecule has 1 atom stereocenters. The highest BCUT2D eigenvalue weighted by atomic mass is 16.5. The average molecular weight is 461 g/mol. The fourth-order valence-electron chi connectivity index (χ4n) is 3.50. The van der Waals surface area contributed by atoms with Gasteiger partial charge < -0.3 is 30.7 Å². The standard InChI is InChI=1S/C23H28BN7O3/c1-15(30-24)14-34-17-4-2-3-16(11-17)18-13-27-22(25)21(28-18)23(32)29-19-12-26-6-5-20(19)31-7-9-33-10-8-31/h2-6,11-13,15,30H,7-10,14,24H2,1H3,(H2,25,27)(H,29,32). The zero-order chi connectivity index (χ0) is 23.9. The lowest BCUT2D eigenvalue weighted by Crippen LogP contribution is -2.36. The van der Waals surface area contributed by atoms with Crippen molar-refractivity contribution in [2.24, 2.45) is 0 Å². The average Bonchev–Trinajstić information content (AvgIpc) is 2.88. The smallest absolute Gasteiger partial charge is 0.278 e. The maximum Gasteiger partial charge on any atom is 0.278 e. The van der Waals surface area contributed by atoms with E-state index in [0.717, 1.165) is 24.3 Å². The first-order valence-corrected chi connectivity index (χ1v) is 11.2. The maximum absolute atomic E-state index is 13.1. The molecule has 1 aliphatic heterocycles. The summed E-state index contributed by atoms with van der Waals surface area (Å²) in [5.41, 5.74) is 8.80. The second-order valence-corrected chi connectivity index (χ2v) is 7.96. The number of hydrogen-bond acceptors (Lipinski definition) is 9. The van der Waals surface area contributed by atoms with E-state index < -0.39 is 5.91 Å². The number of pyridine rings is 1. The number of hydrogen-bond donors (Lipinski definition) is 3. The van der Waals surface area contributed by atoms with E-state index in [1.807, 2.05) is 45.2 Å². The molecule has 0 aliphatic carbocycles. The van der Waals surface area contributed by atoms with Gasteiger partial charge in [0, 0.05) is 30.9 Å². The Labute approximate surface area is 199 Å². The molecule has 0 spiro atoms. The molecule has 1 fully saturated rings. The third-order valence-corrected chi connectivity index (χ3v) is 5.54. The van der Waals surface area contributed by atoms with E-state index in [9.17, 15) is 4.79 Å². The summed E-state index contributed by atoms with van der Waals surface area (Å²) < 4.78 is 11.3. The maximum atomic E-state index is 13.1. The van der Waals surface area contributed by atoms with Crippen LogP contribution in [0.5, 0.6) is 5.75 Å². The van der Waals surface area contributed by atoms with Crippen molar-refractivity contribution < 1.29 is 14.3 Å². The number of nitrogen functional groups attached to an aromatic ring is 1. The summed E-state index contributed by atoms with van der Waals surface area (Å²) in [4.78, 5) is 28.2. The molecule has 11 heteroatoms. The molecule has 4 N–H and O–H groups in total. The third kappa shape index (κ3) is 5.62. The summed E-state index contributed by atoms with van der Waals surface area (Å²) in [7, 11) is 1.89. The van der Waals surface area contributed by atoms with Crippen molar-refractivity contribution in [2.75, 3.05) is 48.9 Å². The van der Waals surface area contributed by atoms with Crippen molar-refractivity contribution in [1.82, 2.24) is 20.2 Å². The van der Waals surface area contributed by atoms with Gasteiger partial charge in [0.2, 0.25) is 0 Å². The van der Waals surface area contributed by atoms with E-state index >= 15 is 0 Å². The molecular formula is C23H28BN7O3. The molecule has 0 bridgehead atoms. The lowest BCUT2D eigenvalue weighted by atomic mass is 10.1. The van der Waals surface area contributed by atoms with Gasteiger partial charge in [-0.2, -0.15) is 0 Å². The highest BCUT2D eigenvalue weighted by molar-refractivity contribution is 6.07. The lowest BCUT2D eigenvalue weighted by molar-refractivity contribution is 0.102. The first kappa shape index (κ1) is 23.5. The number of ether oxygens (including phenoxy) is 2. The number of carbonyl (C=O) groups excluding carboxylic acids is 1. The monoisotopic (exact) mass is 461 g/mol. The number of nitrogens with two attached hydrogens (primary N) is 1. The first-order chi connectivity index (χ1) is 16.5. The summed E-state index contributed by atoms with van der Waals surface area (Å²) >= 11 is 0. The van der Waals surface area contributed by atoms with Crippen molar-refractivity contribution in [3.63, 3.8) is 0 Å². The van der Waals surface area contributed by atoms with Gasteiger partial charge in [-0.1, -0.05) is 12.1 Å². The Morgan fingerprint density at radius 1 is 1.29 bits per heavy atom. The lowest BCUT2D eigenvalue weighted by Gasteiger charge is -2.30. The van der Waals surface area contributed by atoms with Crippen molar-refractivity contribution >= 4 is 31.1 Å². The number of morpholine rings is 1. The van der Waals surface area contributed by atoms with Crippen LogP contribution < -0.4 is 25.9 Å². The SMILES string of the molecule is BNC(C)COc1cccc(-c2cnc(N)c(C(=O)Nc3cnccc3N3CCOCC3)n2)c1. The van der Waals surface area contributed by atoms with Crippen LogP contribution in [0.4, 0.5) is 17.2 Å². The molecule has 0 radical (unpaired) electrons. The summed E-state index contributed by atoms with van der Waals surface area (Å²) in [5, 5.41) is 6.03. The molecule has 34 heavy (non-hydrogen) atoms. The van der Waals surface area contributed by atoms with Crippen LogP contribution in [0.3, 0.4) is 0 Å². The van der Waals surface area contributed by atoms with Crippen molar-refractivity contribution in [1.29, 1.82) is 0 Å². The Morgan fingerprint density at radius 3 is 2.91 bits per heavy atom.